The van der Waals surface area contributed by atoms with E-state index in [1.54, 1.807) is 19.1 Å². The van der Waals surface area contributed by atoms with Crippen molar-refractivity contribution in [3.8, 4) is 5.75 Å². The second-order valence-electron chi connectivity index (χ2n) is 4.80. The Morgan fingerprint density at radius 2 is 2.09 bits per heavy atom. The normalized spacial score (nSPS) is 17.6. The molecule has 1 saturated heterocycles. The van der Waals surface area contributed by atoms with Crippen LogP contribution in [0.25, 0.3) is 0 Å². The number of rotatable bonds is 7. The highest BCUT2D eigenvalue weighted by Crippen LogP contribution is 2.38. The molecule has 1 heterocycles. The summed E-state index contributed by atoms with van der Waals surface area (Å²) in [5, 5.41) is 2.60. The van der Waals surface area contributed by atoms with Gasteiger partial charge in [0.25, 0.3) is 0 Å². The summed E-state index contributed by atoms with van der Waals surface area (Å²) in [6.45, 7) is 0.959. The van der Waals surface area contributed by atoms with Crippen molar-refractivity contribution in [2.75, 3.05) is 39.7 Å². The van der Waals surface area contributed by atoms with Gasteiger partial charge in [-0.1, -0.05) is 12.1 Å². The average Bonchev–Trinajstić information content (AvgIpc) is 2.89. The molecule has 1 aliphatic heterocycles. The Balaban J connectivity index is 2.00. The van der Waals surface area contributed by atoms with Crippen molar-refractivity contribution in [3.63, 3.8) is 0 Å². The number of carbonyl (C=O) groups excluding carboxylic acids is 2. The second kappa shape index (κ2) is 8.05. The zero-order valence-electron chi connectivity index (χ0n) is 12.7. The number of benzene rings is 1. The van der Waals surface area contributed by atoms with Gasteiger partial charge in [0, 0.05) is 13.7 Å². The van der Waals surface area contributed by atoms with E-state index in [1.807, 2.05) is 24.3 Å². The van der Waals surface area contributed by atoms with Crippen molar-refractivity contribution in [3.05, 3.63) is 29.8 Å². The molecule has 0 radical (unpaired) electrons. The third kappa shape index (κ3) is 4.14. The van der Waals surface area contributed by atoms with Crippen LogP contribution in [0, 0.1) is 0 Å². The topological polar surface area (TPSA) is 67.9 Å². The molecule has 7 heteroatoms. The molecular weight excluding hydrogens is 304 g/mol. The van der Waals surface area contributed by atoms with Gasteiger partial charge in [0.15, 0.2) is 0 Å². The molecule has 0 saturated carbocycles. The lowest BCUT2D eigenvalue weighted by atomic mass is 10.2. The Morgan fingerprint density at radius 3 is 2.73 bits per heavy atom. The lowest BCUT2D eigenvalue weighted by molar-refractivity contribution is -0.133. The van der Waals surface area contributed by atoms with Crippen molar-refractivity contribution in [2.45, 2.75) is 5.37 Å². The van der Waals surface area contributed by atoms with Crippen LogP contribution >= 0.6 is 11.8 Å². The average molecular weight is 324 g/mol. The number of amides is 2. The maximum absolute atomic E-state index is 12.0. The molecule has 0 bridgehead atoms. The molecule has 0 unspecified atom stereocenters. The zero-order chi connectivity index (χ0) is 15.9. The molecule has 2 amide bonds. The minimum absolute atomic E-state index is 0.0206. The third-order valence-electron chi connectivity index (χ3n) is 3.31. The van der Waals surface area contributed by atoms with Gasteiger partial charge in [-0.2, -0.15) is 0 Å². The molecule has 1 atom stereocenters. The molecule has 22 heavy (non-hydrogen) atoms. The van der Waals surface area contributed by atoms with E-state index in [0.717, 1.165) is 11.3 Å². The molecule has 0 spiro atoms. The molecule has 6 nitrogen and oxygen atoms in total. The number of nitrogens with zero attached hydrogens (tertiary/aromatic N) is 1. The first-order chi connectivity index (χ1) is 10.7. The fourth-order valence-corrected chi connectivity index (χ4v) is 3.36. The van der Waals surface area contributed by atoms with Crippen molar-refractivity contribution in [1.82, 2.24) is 10.2 Å². The first-order valence-corrected chi connectivity index (χ1v) is 8.01. The Morgan fingerprint density at radius 1 is 1.36 bits per heavy atom. The summed E-state index contributed by atoms with van der Waals surface area (Å²) in [5.74, 6) is 0.961. The summed E-state index contributed by atoms with van der Waals surface area (Å²) >= 11 is 1.53. The number of nitrogens with one attached hydrogen (secondary N) is 1. The van der Waals surface area contributed by atoms with Crippen LogP contribution in [-0.4, -0.2) is 56.4 Å². The van der Waals surface area contributed by atoms with E-state index in [0.29, 0.717) is 18.9 Å². The Kier molecular flexibility index (Phi) is 6.09. The van der Waals surface area contributed by atoms with Gasteiger partial charge < -0.3 is 19.7 Å². The predicted molar refractivity (Wildman–Crippen MR) is 84.8 cm³/mol. The Bertz CT molecular complexity index is 521. The van der Waals surface area contributed by atoms with E-state index in [-0.39, 0.29) is 23.7 Å². The number of hydrogen-bond donors (Lipinski definition) is 1. The van der Waals surface area contributed by atoms with Crippen LogP contribution in [-0.2, 0) is 14.3 Å². The number of hydrogen-bond acceptors (Lipinski definition) is 5. The molecule has 1 aromatic rings. The van der Waals surface area contributed by atoms with E-state index in [4.69, 9.17) is 9.47 Å². The van der Waals surface area contributed by atoms with Gasteiger partial charge in [0.2, 0.25) is 11.8 Å². The van der Waals surface area contributed by atoms with Gasteiger partial charge >= 0.3 is 0 Å². The molecule has 1 aromatic carbocycles. The maximum Gasteiger partial charge on any atom is 0.239 e. The van der Waals surface area contributed by atoms with Crippen LogP contribution in [0.5, 0.6) is 5.75 Å². The van der Waals surface area contributed by atoms with Crippen LogP contribution in [0.15, 0.2) is 24.3 Å². The van der Waals surface area contributed by atoms with Crippen LogP contribution in [0.2, 0.25) is 0 Å². The van der Waals surface area contributed by atoms with Crippen molar-refractivity contribution >= 4 is 23.6 Å². The van der Waals surface area contributed by atoms with Crippen molar-refractivity contribution in [2.24, 2.45) is 0 Å². The minimum atomic E-state index is -0.175. The standard InChI is InChI=1S/C15H20N2O4S/c1-20-8-7-16-13(18)9-17-14(19)10-22-15(17)11-3-5-12(21-2)6-4-11/h3-6,15H,7-10H2,1-2H3,(H,16,18)/t15-/m0/s1. The van der Waals surface area contributed by atoms with E-state index in [9.17, 15) is 9.59 Å². The van der Waals surface area contributed by atoms with E-state index < -0.39 is 0 Å². The van der Waals surface area contributed by atoms with Crippen molar-refractivity contribution in [1.29, 1.82) is 0 Å². The third-order valence-corrected chi connectivity index (χ3v) is 4.57. The summed E-state index contributed by atoms with van der Waals surface area (Å²) in [6.07, 6.45) is 0. The molecule has 1 N–H and O–H groups in total. The van der Waals surface area contributed by atoms with Crippen LogP contribution < -0.4 is 10.1 Å². The Hall–Kier alpha value is -1.73. The highest BCUT2D eigenvalue weighted by atomic mass is 32.2. The molecule has 0 aromatic heterocycles. The first-order valence-electron chi connectivity index (χ1n) is 6.96. The van der Waals surface area contributed by atoms with E-state index in [1.165, 1.54) is 11.8 Å². The van der Waals surface area contributed by atoms with Gasteiger partial charge in [0.1, 0.15) is 17.7 Å². The summed E-state index contributed by atoms with van der Waals surface area (Å²) < 4.78 is 10.0. The molecule has 2 rings (SSSR count). The molecular formula is C15H20N2O4S. The minimum Gasteiger partial charge on any atom is -0.497 e. The fraction of sp³-hybridized carbons (Fsp3) is 0.467. The highest BCUT2D eigenvalue weighted by Gasteiger charge is 2.33. The smallest absolute Gasteiger partial charge is 0.239 e. The summed E-state index contributed by atoms with van der Waals surface area (Å²) in [7, 11) is 3.19. The van der Waals surface area contributed by atoms with Gasteiger partial charge in [-0.15, -0.1) is 11.8 Å². The monoisotopic (exact) mass is 324 g/mol. The lowest BCUT2D eigenvalue weighted by Crippen LogP contribution is -2.40. The van der Waals surface area contributed by atoms with Gasteiger partial charge in [0.05, 0.1) is 19.5 Å². The second-order valence-corrected chi connectivity index (χ2v) is 5.87. The predicted octanol–water partition coefficient (Wildman–Crippen LogP) is 1.03. The maximum atomic E-state index is 12.0. The number of carbonyl (C=O) groups is 2. The molecule has 120 valence electrons. The number of thioether (sulfide) groups is 1. The van der Waals surface area contributed by atoms with Gasteiger partial charge in [-0.25, -0.2) is 0 Å². The summed E-state index contributed by atoms with van der Waals surface area (Å²) in [4.78, 5) is 25.5. The first kappa shape index (κ1) is 16.6. The van der Waals surface area contributed by atoms with Gasteiger partial charge in [-0.05, 0) is 17.7 Å². The largest absolute Gasteiger partial charge is 0.497 e. The van der Waals surface area contributed by atoms with Crippen molar-refractivity contribution < 1.29 is 19.1 Å². The zero-order valence-corrected chi connectivity index (χ0v) is 13.5. The van der Waals surface area contributed by atoms with Crippen LogP contribution in [0.4, 0.5) is 0 Å². The lowest BCUT2D eigenvalue weighted by Gasteiger charge is -2.23. The summed E-state index contributed by atoms with van der Waals surface area (Å²) in [6, 6.07) is 7.56. The van der Waals surface area contributed by atoms with Crippen LogP contribution in [0.3, 0.4) is 0 Å². The molecule has 1 aliphatic rings. The SMILES string of the molecule is COCCNC(=O)CN1C(=O)CS[C@H]1c1ccc(OC)cc1. The molecule has 0 aliphatic carbocycles. The van der Waals surface area contributed by atoms with Gasteiger partial charge in [-0.3, -0.25) is 9.59 Å². The number of ether oxygens (including phenoxy) is 2. The number of methoxy groups -OCH3 is 2. The van der Waals surface area contributed by atoms with Crippen LogP contribution in [0.1, 0.15) is 10.9 Å². The molecule has 1 fully saturated rings. The summed E-state index contributed by atoms with van der Waals surface area (Å²) in [5.41, 5.74) is 0.987. The fourth-order valence-electron chi connectivity index (χ4n) is 2.17. The quantitative estimate of drug-likeness (QED) is 0.759. The Labute approximate surface area is 134 Å². The van der Waals surface area contributed by atoms with E-state index in [2.05, 4.69) is 5.32 Å². The van der Waals surface area contributed by atoms with E-state index >= 15 is 0 Å². The highest BCUT2D eigenvalue weighted by molar-refractivity contribution is 8.00.